The number of nitrogens with zero attached hydrogens (tertiary/aromatic N) is 2. The quantitative estimate of drug-likeness (QED) is 0.395. The molecule has 0 bridgehead atoms. The first kappa shape index (κ1) is 23.8. The summed E-state index contributed by atoms with van der Waals surface area (Å²) in [6.07, 6.45) is 12.4. The van der Waals surface area contributed by atoms with Crippen molar-refractivity contribution in [1.82, 2.24) is 4.90 Å². The Morgan fingerprint density at radius 2 is 1.97 bits per heavy atom. The minimum atomic E-state index is -0.335. The maximum Gasteiger partial charge on any atom is 0.339 e. The van der Waals surface area contributed by atoms with E-state index in [4.69, 9.17) is 9.57 Å². The molecule has 172 valence electrons. The lowest BCUT2D eigenvalue weighted by atomic mass is 9.95. The maximum atomic E-state index is 12.8. The number of hydrogen-bond acceptors (Lipinski definition) is 5. The van der Waals surface area contributed by atoms with Crippen LogP contribution < -0.4 is 0 Å². The van der Waals surface area contributed by atoms with Crippen molar-refractivity contribution in [2.45, 2.75) is 52.9 Å². The van der Waals surface area contributed by atoms with Crippen LogP contribution in [0.4, 0.5) is 0 Å². The topological polar surface area (TPSA) is 68.2 Å². The summed E-state index contributed by atoms with van der Waals surface area (Å²) in [7, 11) is 0. The molecule has 0 spiro atoms. The molecule has 3 rings (SSSR count). The Labute approximate surface area is 190 Å². The molecule has 0 aliphatic carbocycles. The Bertz CT molecular complexity index is 911. The van der Waals surface area contributed by atoms with Gasteiger partial charge in [-0.25, -0.2) is 4.79 Å². The van der Waals surface area contributed by atoms with Crippen LogP contribution in [0.2, 0.25) is 0 Å². The summed E-state index contributed by atoms with van der Waals surface area (Å²) in [6.45, 7) is 7.79. The van der Waals surface area contributed by atoms with Gasteiger partial charge in [0.1, 0.15) is 6.61 Å². The molecule has 1 saturated heterocycles. The number of benzene rings is 1. The number of piperidine rings is 1. The van der Waals surface area contributed by atoms with E-state index in [0.29, 0.717) is 23.6 Å². The lowest BCUT2D eigenvalue weighted by molar-refractivity contribution is -0.137. The highest BCUT2D eigenvalue weighted by Gasteiger charge is 2.19. The second kappa shape index (κ2) is 11.7. The zero-order chi connectivity index (χ0) is 22.9. The van der Waals surface area contributed by atoms with Gasteiger partial charge >= 0.3 is 5.97 Å². The molecule has 1 atom stereocenters. The first-order valence-corrected chi connectivity index (χ1v) is 11.5. The highest BCUT2D eigenvalue weighted by molar-refractivity contribution is 6.00. The highest BCUT2D eigenvalue weighted by Crippen LogP contribution is 2.21. The van der Waals surface area contributed by atoms with E-state index < -0.39 is 0 Å². The fraction of sp³-hybridized carbons (Fsp3) is 0.500. The van der Waals surface area contributed by atoms with Crippen molar-refractivity contribution in [3.63, 3.8) is 0 Å². The van der Waals surface area contributed by atoms with E-state index in [0.717, 1.165) is 49.0 Å². The monoisotopic (exact) mass is 438 g/mol. The van der Waals surface area contributed by atoms with Gasteiger partial charge in [0.05, 0.1) is 11.3 Å². The molecule has 2 heterocycles. The summed E-state index contributed by atoms with van der Waals surface area (Å²) in [5.74, 6) is -0.0596. The highest BCUT2D eigenvalue weighted by atomic mass is 16.6. The van der Waals surface area contributed by atoms with Crippen LogP contribution in [0.25, 0.3) is 0 Å². The van der Waals surface area contributed by atoms with Crippen LogP contribution in [0, 0.1) is 19.8 Å². The number of allylic oxidation sites excluding steroid dienone is 3. The molecule has 2 aliphatic rings. The van der Waals surface area contributed by atoms with Gasteiger partial charge in [-0.3, -0.25) is 4.79 Å². The molecule has 32 heavy (non-hydrogen) atoms. The van der Waals surface area contributed by atoms with Crippen molar-refractivity contribution < 1.29 is 19.2 Å². The number of aryl methyl sites for hydroxylation is 2. The van der Waals surface area contributed by atoms with Crippen molar-refractivity contribution in [2.75, 3.05) is 26.3 Å². The zero-order valence-corrected chi connectivity index (χ0v) is 19.4. The summed E-state index contributed by atoms with van der Waals surface area (Å²) >= 11 is 0. The first-order chi connectivity index (χ1) is 15.4. The predicted molar refractivity (Wildman–Crippen MR) is 126 cm³/mol. The predicted octanol–water partition coefficient (Wildman–Crippen LogP) is 4.54. The summed E-state index contributed by atoms with van der Waals surface area (Å²) in [4.78, 5) is 32.5. The number of oxime groups is 1. The van der Waals surface area contributed by atoms with Crippen molar-refractivity contribution >= 4 is 17.6 Å². The number of hydrogen-bond donors (Lipinski definition) is 0. The van der Waals surface area contributed by atoms with Gasteiger partial charge in [-0.05, 0) is 62.7 Å². The van der Waals surface area contributed by atoms with E-state index >= 15 is 0 Å². The number of amides is 1. The molecule has 2 aliphatic heterocycles. The largest absolute Gasteiger partial charge is 0.458 e. The van der Waals surface area contributed by atoms with Crippen LogP contribution >= 0.6 is 0 Å². The van der Waals surface area contributed by atoms with Gasteiger partial charge in [0.15, 0.2) is 6.61 Å². The first-order valence-electron chi connectivity index (χ1n) is 11.5. The smallest absolute Gasteiger partial charge is 0.339 e. The van der Waals surface area contributed by atoms with Crippen LogP contribution in [0.15, 0.2) is 41.6 Å². The number of carbonyl (C=O) groups is 2. The molecule has 1 unspecified atom stereocenters. The standard InChI is InChI=1S/C26H34N2O4/c1-19-9-7-11-23(27-32-18-24(29)28-12-5-4-6-13-28)17-22-16-20(2)15-21(3)25(22)26(30)31-14-8-10-19/h7-8,10-11,15-16,19H,4-6,9,12-14,17-18H2,1-3H3/b10-8+,11-7+,27-23+. The summed E-state index contributed by atoms with van der Waals surface area (Å²) < 4.78 is 5.50. The third kappa shape index (κ3) is 6.81. The fourth-order valence-corrected chi connectivity index (χ4v) is 4.19. The van der Waals surface area contributed by atoms with E-state index in [-0.39, 0.29) is 25.1 Å². The summed E-state index contributed by atoms with van der Waals surface area (Å²) in [5, 5.41) is 4.29. The van der Waals surface area contributed by atoms with Crippen LogP contribution in [0.3, 0.4) is 0 Å². The van der Waals surface area contributed by atoms with E-state index in [1.807, 2.05) is 49.1 Å². The Balaban J connectivity index is 1.83. The molecule has 1 amide bonds. The SMILES string of the molecule is Cc1cc(C)c2c(c1)CC(=N/OCC(=O)N1CCCCC1)/C=C/CC(C)/C=C/COC2=O. The molecule has 1 aromatic carbocycles. The van der Waals surface area contributed by atoms with Crippen LogP contribution in [-0.4, -0.2) is 48.8 Å². The molecule has 6 heteroatoms. The van der Waals surface area contributed by atoms with E-state index in [9.17, 15) is 9.59 Å². The average Bonchev–Trinajstić information content (AvgIpc) is 2.77. The number of carbonyl (C=O) groups excluding carboxylic acids is 2. The molecule has 1 fully saturated rings. The van der Waals surface area contributed by atoms with Crippen LogP contribution in [0.1, 0.15) is 59.7 Å². The van der Waals surface area contributed by atoms with Crippen molar-refractivity contribution in [3.8, 4) is 0 Å². The number of likely N-dealkylation sites (tertiary alicyclic amines) is 1. The van der Waals surface area contributed by atoms with Gasteiger partial charge in [-0.1, -0.05) is 48.0 Å². The Hall–Kier alpha value is -2.89. The van der Waals surface area contributed by atoms with Gasteiger partial charge in [0.2, 0.25) is 0 Å². The molecule has 0 N–H and O–H groups in total. The van der Waals surface area contributed by atoms with Gasteiger partial charge in [-0.2, -0.15) is 0 Å². The van der Waals surface area contributed by atoms with Gasteiger partial charge < -0.3 is 14.5 Å². The molecular formula is C26H34N2O4. The lowest BCUT2D eigenvalue weighted by Gasteiger charge is -2.26. The molecule has 6 nitrogen and oxygen atoms in total. The minimum absolute atomic E-state index is 0.0305. The zero-order valence-electron chi connectivity index (χ0n) is 19.4. The molecular weight excluding hydrogens is 404 g/mol. The minimum Gasteiger partial charge on any atom is -0.458 e. The maximum absolute atomic E-state index is 12.8. The normalized spacial score (nSPS) is 23.2. The van der Waals surface area contributed by atoms with Crippen molar-refractivity contribution in [1.29, 1.82) is 0 Å². The van der Waals surface area contributed by atoms with E-state index in [2.05, 4.69) is 18.2 Å². The van der Waals surface area contributed by atoms with Crippen molar-refractivity contribution in [2.24, 2.45) is 11.1 Å². The third-order valence-electron chi connectivity index (χ3n) is 5.81. The second-order valence-corrected chi connectivity index (χ2v) is 8.73. The molecule has 1 aromatic rings. The van der Waals surface area contributed by atoms with E-state index in [1.165, 1.54) is 6.42 Å². The molecule has 0 saturated carbocycles. The number of esters is 1. The van der Waals surface area contributed by atoms with Gasteiger partial charge in [0.25, 0.3) is 5.91 Å². The molecule has 0 radical (unpaired) electrons. The summed E-state index contributed by atoms with van der Waals surface area (Å²) in [6, 6.07) is 3.97. The van der Waals surface area contributed by atoms with Gasteiger partial charge in [0, 0.05) is 19.5 Å². The number of cyclic esters (lactones) is 1. The lowest BCUT2D eigenvalue weighted by Crippen LogP contribution is -2.37. The second-order valence-electron chi connectivity index (χ2n) is 8.73. The molecule has 0 aromatic heterocycles. The average molecular weight is 439 g/mol. The van der Waals surface area contributed by atoms with Crippen molar-refractivity contribution in [3.05, 3.63) is 58.7 Å². The Morgan fingerprint density at radius 3 is 2.75 bits per heavy atom. The Morgan fingerprint density at radius 1 is 1.19 bits per heavy atom. The van der Waals surface area contributed by atoms with Gasteiger partial charge in [-0.15, -0.1) is 0 Å². The van der Waals surface area contributed by atoms with Crippen LogP contribution in [-0.2, 0) is 20.8 Å². The number of rotatable bonds is 3. The Kier molecular flexibility index (Phi) is 8.65. The van der Waals surface area contributed by atoms with Crippen LogP contribution in [0.5, 0.6) is 0 Å². The summed E-state index contributed by atoms with van der Waals surface area (Å²) in [5.41, 5.74) is 4.03. The van der Waals surface area contributed by atoms with E-state index in [1.54, 1.807) is 0 Å². The number of fused-ring (bicyclic) bond motifs is 1. The fourth-order valence-electron chi connectivity index (χ4n) is 4.19. The third-order valence-corrected chi connectivity index (χ3v) is 5.81. The number of ether oxygens (including phenoxy) is 1.